The maximum absolute atomic E-state index is 13.6. The predicted molar refractivity (Wildman–Crippen MR) is 164 cm³/mol. The summed E-state index contributed by atoms with van der Waals surface area (Å²) in [6, 6.07) is -2.36. The van der Waals surface area contributed by atoms with Crippen LogP contribution < -0.4 is 32.8 Å². The van der Waals surface area contributed by atoms with Gasteiger partial charge in [-0.25, -0.2) is 20.1 Å². The van der Waals surface area contributed by atoms with E-state index in [0.717, 1.165) is 0 Å². The molecule has 26 heteroatoms. The minimum Gasteiger partial charge on any atom is -0.387 e. The fraction of sp³-hybridized carbons (Fsp3) is 0.500. The number of thiol groups is 1. The maximum atomic E-state index is 13.6. The molecule has 4 aromatic heterocycles. The Morgan fingerprint density at radius 2 is 1.33 bits per heavy atom. The number of nitrogen functional groups attached to an aromatic ring is 2. The first kappa shape index (κ1) is 31.8. The van der Waals surface area contributed by atoms with Gasteiger partial charge >= 0.3 is 6.72 Å². The van der Waals surface area contributed by atoms with E-state index in [1.807, 2.05) is 0 Å². The first-order valence-electron chi connectivity index (χ1n) is 13.3. The standard InChI is InChI=1S/C20H26N12O10P2S2/c21-19-25-13-9(15(35)27-19)23-3-31(13)17-11(33)7-5(41-17)1-39-43(37,45)30-8-6(2-40-44(38,46)29-7)42-18(12(8)34)32-4-24-10-14(32)26-20(22)28-16(10)36/h3-8,11-12,17-18,33-34H,1-2H2,(H2,29,38,46)(H2,30,37,45)(H3,21,25,27,35)(H3,22,26,28,36)/t5-,6-,7+,8?,11?,12+,17-,18-,43?,44?/m1/s1. The molecule has 0 spiro atoms. The zero-order chi connectivity index (χ0) is 32.7. The number of fused-ring (bicyclic) bond motifs is 4. The Bertz CT molecular complexity index is 1910. The molecule has 10 atom stereocenters. The van der Waals surface area contributed by atoms with Gasteiger partial charge < -0.3 is 45.1 Å². The van der Waals surface area contributed by atoms with Crippen LogP contribution in [0.4, 0.5) is 11.9 Å². The van der Waals surface area contributed by atoms with Crippen molar-refractivity contribution in [1.82, 2.24) is 49.2 Å². The van der Waals surface area contributed by atoms with E-state index in [4.69, 9.17) is 41.8 Å². The van der Waals surface area contributed by atoms with Crippen molar-refractivity contribution in [3.05, 3.63) is 33.4 Å². The van der Waals surface area contributed by atoms with Crippen LogP contribution in [0.5, 0.6) is 0 Å². The molecular formula is C20H26N12O10P2S2. The lowest BCUT2D eigenvalue weighted by Gasteiger charge is -2.31. The van der Waals surface area contributed by atoms with Crippen LogP contribution in [0.3, 0.4) is 0 Å². The molecular weight excluding hydrogens is 694 g/mol. The molecule has 3 fully saturated rings. The second kappa shape index (κ2) is 11.4. The molecule has 4 unspecified atom stereocenters. The summed E-state index contributed by atoms with van der Waals surface area (Å²) in [4.78, 5) is 56.5. The molecule has 46 heavy (non-hydrogen) atoms. The smallest absolute Gasteiger partial charge is 0.324 e. The van der Waals surface area contributed by atoms with E-state index in [0.29, 0.717) is 0 Å². The Balaban J connectivity index is 1.18. The molecule has 22 nitrogen and oxygen atoms in total. The van der Waals surface area contributed by atoms with Gasteiger partial charge in [0, 0.05) is 0 Å². The van der Waals surface area contributed by atoms with Crippen molar-refractivity contribution in [3.8, 4) is 0 Å². The van der Waals surface area contributed by atoms with Crippen LogP contribution in [0, 0.1) is 0 Å². The highest BCUT2D eigenvalue weighted by atomic mass is 32.7. The number of aromatic nitrogens is 8. The highest BCUT2D eigenvalue weighted by Gasteiger charge is 2.51. The van der Waals surface area contributed by atoms with Crippen LogP contribution in [0.2, 0.25) is 0 Å². The quantitative estimate of drug-likeness (QED) is 0.0736. The Morgan fingerprint density at radius 1 is 0.870 bits per heavy atom. The number of hydrogen-bond acceptors (Lipinski definition) is 16. The van der Waals surface area contributed by atoms with Gasteiger partial charge in [-0.15, -0.1) is 0 Å². The van der Waals surface area contributed by atoms with Crippen LogP contribution in [0.15, 0.2) is 22.2 Å². The lowest BCUT2D eigenvalue weighted by Crippen LogP contribution is -2.47. The number of nitrogens with two attached hydrogens (primary N) is 2. The van der Waals surface area contributed by atoms with E-state index in [-0.39, 0.29) is 34.2 Å². The Morgan fingerprint density at radius 3 is 1.83 bits per heavy atom. The molecule has 0 bridgehead atoms. The lowest BCUT2D eigenvalue weighted by molar-refractivity contribution is -0.0467. The fourth-order valence-corrected chi connectivity index (χ4v) is 8.99. The van der Waals surface area contributed by atoms with Gasteiger partial charge in [-0.05, 0) is 11.8 Å². The van der Waals surface area contributed by atoms with Gasteiger partial charge in [0.2, 0.25) is 11.9 Å². The highest BCUT2D eigenvalue weighted by molar-refractivity contribution is 8.45. The van der Waals surface area contributed by atoms with Crippen molar-refractivity contribution in [2.45, 2.75) is 49.0 Å². The molecule has 0 radical (unpaired) electrons. The van der Waals surface area contributed by atoms with Gasteiger partial charge in [0.25, 0.3) is 17.8 Å². The minimum atomic E-state index is -4.08. The van der Waals surface area contributed by atoms with E-state index in [9.17, 15) is 29.3 Å². The van der Waals surface area contributed by atoms with Gasteiger partial charge in [0.15, 0.2) is 34.8 Å². The third-order valence-electron chi connectivity index (χ3n) is 7.65. The summed E-state index contributed by atoms with van der Waals surface area (Å²) < 4.78 is 39.4. The summed E-state index contributed by atoms with van der Waals surface area (Å²) in [5, 5.41) is 28.0. The van der Waals surface area contributed by atoms with E-state index in [1.54, 1.807) is 0 Å². The second-order valence-electron chi connectivity index (χ2n) is 10.6. The van der Waals surface area contributed by atoms with Crippen molar-refractivity contribution in [2.75, 3.05) is 24.7 Å². The predicted octanol–water partition coefficient (Wildman–Crippen LogP) is -2.85. The first-order valence-corrected chi connectivity index (χ1v) is 18.8. The average Bonchev–Trinajstić information content (AvgIpc) is 3.72. The number of H-pyrrole nitrogens is 2. The number of nitrogens with one attached hydrogen (secondary N) is 4. The Kier molecular flexibility index (Phi) is 7.87. The summed E-state index contributed by atoms with van der Waals surface area (Å²) >= 11 is 9.51. The number of aromatic amines is 2. The van der Waals surface area contributed by atoms with Gasteiger partial charge in [-0.1, -0.05) is 12.2 Å². The molecule has 0 aliphatic carbocycles. The monoisotopic (exact) mass is 720 g/mol. The molecule has 4 aromatic rings. The van der Waals surface area contributed by atoms with E-state index >= 15 is 0 Å². The van der Waals surface area contributed by atoms with Crippen LogP contribution in [-0.2, 0) is 34.9 Å². The highest BCUT2D eigenvalue weighted by Crippen LogP contribution is 2.52. The number of hydrogen-bond donors (Lipinski definition) is 10. The Labute approximate surface area is 265 Å². The number of aliphatic hydroxyl groups is 2. The molecule has 3 saturated heterocycles. The van der Waals surface area contributed by atoms with E-state index in [2.05, 4.69) is 52.3 Å². The normalized spacial score (nSPS) is 37.1. The van der Waals surface area contributed by atoms with Crippen molar-refractivity contribution in [3.63, 3.8) is 0 Å². The summed E-state index contributed by atoms with van der Waals surface area (Å²) in [6.07, 6.45) is -5.28. The summed E-state index contributed by atoms with van der Waals surface area (Å²) in [5.41, 5.74) is 10.0. The molecule has 0 aromatic carbocycles. The minimum absolute atomic E-state index is 0.00413. The number of nitrogens with zero attached hydrogens (tertiary/aromatic N) is 6. The number of anilines is 2. The molecule has 3 aliphatic heterocycles. The molecule has 7 heterocycles. The van der Waals surface area contributed by atoms with E-state index < -0.39 is 86.7 Å². The third-order valence-corrected chi connectivity index (χ3v) is 11.2. The molecule has 248 valence electrons. The molecule has 11 N–H and O–H groups in total. The van der Waals surface area contributed by atoms with Crippen molar-refractivity contribution in [2.24, 2.45) is 0 Å². The zero-order valence-electron chi connectivity index (χ0n) is 23.0. The SMILES string of the molecule is Nc1nc2c(ncn2[C@@H]2O[C@@H]3COP(O)(=S)NC4[C@@H](COP(=O)(S)N[C@@H]3C2O)O[C@@H](n2cnc3c(=O)[nH]c(N)nc32)[C@H]4O)c(=O)[nH]1. The van der Waals surface area contributed by atoms with Crippen LogP contribution in [0.1, 0.15) is 12.5 Å². The Hall–Kier alpha value is -2.83. The van der Waals surface area contributed by atoms with Gasteiger partial charge in [-0.2, -0.15) is 9.97 Å². The zero-order valence-corrected chi connectivity index (χ0v) is 26.5. The number of rotatable bonds is 2. The average molecular weight is 721 g/mol. The topological polar surface area (TPSA) is 318 Å². The van der Waals surface area contributed by atoms with Gasteiger partial charge in [0.1, 0.15) is 24.4 Å². The lowest BCUT2D eigenvalue weighted by atomic mass is 10.1. The largest absolute Gasteiger partial charge is 0.387 e. The summed E-state index contributed by atoms with van der Waals surface area (Å²) in [6.45, 7) is -8.96. The molecule has 0 saturated carbocycles. The number of ether oxygens (including phenoxy) is 2. The molecule has 7 rings (SSSR count). The fourth-order valence-electron chi connectivity index (χ4n) is 5.61. The first-order chi connectivity index (χ1) is 21.7. The van der Waals surface area contributed by atoms with Crippen LogP contribution >= 0.6 is 25.6 Å². The van der Waals surface area contributed by atoms with E-state index in [1.165, 1.54) is 21.8 Å². The van der Waals surface area contributed by atoms with Gasteiger partial charge in [-0.3, -0.25) is 33.3 Å². The van der Waals surface area contributed by atoms with Crippen molar-refractivity contribution >= 4 is 71.6 Å². The van der Waals surface area contributed by atoms with Crippen molar-refractivity contribution < 1.29 is 38.2 Å². The number of imidazole rings is 2. The molecule has 0 amide bonds. The maximum Gasteiger partial charge on any atom is 0.324 e. The van der Waals surface area contributed by atoms with Gasteiger partial charge in [0.05, 0.1) is 38.0 Å². The number of aliphatic hydroxyl groups excluding tert-OH is 2. The third kappa shape index (κ3) is 5.57. The molecule has 3 aliphatic rings. The summed E-state index contributed by atoms with van der Waals surface area (Å²) in [7, 11) is 0. The summed E-state index contributed by atoms with van der Waals surface area (Å²) in [5.74, 6) is -0.402. The van der Waals surface area contributed by atoms with Crippen LogP contribution in [0.25, 0.3) is 22.3 Å². The van der Waals surface area contributed by atoms with Crippen molar-refractivity contribution in [1.29, 1.82) is 0 Å². The second-order valence-corrected chi connectivity index (χ2v) is 16.8. The van der Waals surface area contributed by atoms with Crippen LogP contribution in [-0.4, -0.2) is 104 Å².